The fourth-order valence-electron chi connectivity index (χ4n) is 4.61. The SMILES string of the molecule is COC[C@H]1CCCN1Cc1ccc([As]/C=C2\C(=O)NC(=O)c3ccc(-c4ccsc4)cc32)cc1. The van der Waals surface area contributed by atoms with Gasteiger partial charge in [-0.1, -0.05) is 0 Å². The molecule has 1 aromatic heterocycles. The topological polar surface area (TPSA) is 58.6 Å². The molecule has 2 aliphatic heterocycles. The molecule has 173 valence electrons. The van der Waals surface area contributed by atoms with Crippen LogP contribution < -0.4 is 9.67 Å². The fourth-order valence-corrected chi connectivity index (χ4v) is 7.07. The van der Waals surface area contributed by atoms with Crippen LogP contribution in [0.4, 0.5) is 0 Å². The molecule has 5 nitrogen and oxygen atoms in total. The third-order valence-corrected chi connectivity index (χ3v) is 9.15. The number of hydrogen-bond donors (Lipinski definition) is 1. The Hall–Kier alpha value is -2.50. The van der Waals surface area contributed by atoms with Gasteiger partial charge < -0.3 is 0 Å². The van der Waals surface area contributed by atoms with Gasteiger partial charge in [-0.15, -0.1) is 0 Å². The summed E-state index contributed by atoms with van der Waals surface area (Å²) in [5.41, 5.74) is 5.28. The summed E-state index contributed by atoms with van der Waals surface area (Å²) < 4.78 is 6.60. The van der Waals surface area contributed by atoms with E-state index < -0.39 is 0 Å². The molecule has 1 fully saturated rings. The van der Waals surface area contributed by atoms with Gasteiger partial charge in [0.25, 0.3) is 0 Å². The minimum absolute atomic E-state index is 0.315. The van der Waals surface area contributed by atoms with Gasteiger partial charge in [0.1, 0.15) is 0 Å². The molecule has 0 aliphatic carbocycles. The molecule has 2 aliphatic rings. The van der Waals surface area contributed by atoms with E-state index in [-0.39, 0.29) is 27.6 Å². The average Bonchev–Trinajstić information content (AvgIpc) is 3.53. The molecule has 0 unspecified atom stereocenters. The van der Waals surface area contributed by atoms with E-state index in [0.717, 1.165) is 36.4 Å². The Balaban J connectivity index is 1.34. The van der Waals surface area contributed by atoms with Crippen LogP contribution in [0.15, 0.2) is 64.2 Å². The second-order valence-electron chi connectivity index (χ2n) is 8.62. The van der Waals surface area contributed by atoms with Gasteiger partial charge in [-0.05, 0) is 0 Å². The number of hydrogen-bond acceptors (Lipinski definition) is 5. The molecule has 2 aromatic carbocycles. The zero-order chi connectivity index (χ0) is 23.5. The van der Waals surface area contributed by atoms with Gasteiger partial charge in [0.05, 0.1) is 0 Å². The Kier molecular flexibility index (Phi) is 7.12. The van der Waals surface area contributed by atoms with Crippen LogP contribution in [0.25, 0.3) is 16.7 Å². The van der Waals surface area contributed by atoms with Crippen LogP contribution in [0.5, 0.6) is 0 Å². The standard InChI is InChI=1S/C27H26AsN2O3S/c1-33-16-22-3-2-11-30(22)15-18-4-7-21(8-5-18)28-14-25-24-13-19(20-10-12-34-17-20)6-9-23(24)26(31)29-27(25)32/h4-10,12-14,17,22H,2-3,11,15-16H2,1H3,(H,29,31,32)/b25-14-/t22-/m1/s1. The molecule has 0 bridgehead atoms. The van der Waals surface area contributed by atoms with Gasteiger partial charge in [-0.3, -0.25) is 0 Å². The predicted molar refractivity (Wildman–Crippen MR) is 137 cm³/mol. The molecular weight excluding hydrogens is 507 g/mol. The summed E-state index contributed by atoms with van der Waals surface area (Å²) in [4.78, 5) is 29.6. The number of carbonyl (C=O) groups excluding carboxylic acids is 2. The Morgan fingerprint density at radius 2 is 1.94 bits per heavy atom. The third-order valence-electron chi connectivity index (χ3n) is 6.40. The Morgan fingerprint density at radius 3 is 2.71 bits per heavy atom. The van der Waals surface area contributed by atoms with Crippen LogP contribution in [0.1, 0.15) is 34.3 Å². The van der Waals surface area contributed by atoms with Crippen molar-refractivity contribution in [2.24, 2.45) is 0 Å². The quantitative estimate of drug-likeness (QED) is 0.286. The first-order valence-electron chi connectivity index (χ1n) is 11.4. The van der Waals surface area contributed by atoms with Crippen molar-refractivity contribution in [2.75, 3.05) is 20.3 Å². The number of carbonyl (C=O) groups is 2. The second kappa shape index (κ2) is 10.4. The molecule has 3 heterocycles. The molecule has 34 heavy (non-hydrogen) atoms. The van der Waals surface area contributed by atoms with E-state index in [0.29, 0.717) is 17.2 Å². The molecule has 1 atom stereocenters. The first-order valence-corrected chi connectivity index (χ1v) is 14.3. The zero-order valence-corrected chi connectivity index (χ0v) is 21.7. The molecule has 0 spiro atoms. The number of amides is 2. The van der Waals surface area contributed by atoms with Gasteiger partial charge in [0.2, 0.25) is 0 Å². The van der Waals surface area contributed by atoms with Crippen LogP contribution >= 0.6 is 11.3 Å². The molecule has 1 N–H and O–H groups in total. The van der Waals surface area contributed by atoms with Crippen LogP contribution in [-0.2, 0) is 16.1 Å². The van der Waals surface area contributed by atoms with Crippen LogP contribution in [0.2, 0.25) is 0 Å². The second-order valence-corrected chi connectivity index (χ2v) is 11.6. The molecule has 1 radical (unpaired) electrons. The van der Waals surface area contributed by atoms with E-state index in [2.05, 4.69) is 39.9 Å². The number of nitrogens with zero attached hydrogens (tertiary/aromatic N) is 1. The molecular formula is C27H26AsN2O3S. The summed E-state index contributed by atoms with van der Waals surface area (Å²) >= 11 is 1.27. The number of likely N-dealkylation sites (tertiary alicyclic amines) is 1. The van der Waals surface area contributed by atoms with Crippen LogP contribution in [-0.4, -0.2) is 58.8 Å². The van der Waals surface area contributed by atoms with Gasteiger partial charge in [-0.25, -0.2) is 0 Å². The van der Waals surface area contributed by atoms with E-state index >= 15 is 0 Å². The maximum atomic E-state index is 12.7. The molecule has 3 aromatic rings. The predicted octanol–water partition coefficient (Wildman–Crippen LogP) is 3.67. The summed E-state index contributed by atoms with van der Waals surface area (Å²) in [5.74, 6) is -0.645. The number of thiophene rings is 1. The average molecular weight is 534 g/mol. The zero-order valence-electron chi connectivity index (χ0n) is 19.0. The number of fused-ring (bicyclic) bond motifs is 1. The number of benzene rings is 2. The minimum atomic E-state index is -0.362. The molecule has 1 saturated heterocycles. The Bertz CT molecular complexity index is 1220. The maximum absolute atomic E-state index is 12.7. The van der Waals surface area contributed by atoms with Crippen LogP contribution in [0.3, 0.4) is 0 Å². The van der Waals surface area contributed by atoms with Crippen molar-refractivity contribution in [2.45, 2.75) is 25.4 Å². The summed E-state index contributed by atoms with van der Waals surface area (Å²) in [7, 11) is 1.77. The van der Waals surface area contributed by atoms with Gasteiger partial charge in [0.15, 0.2) is 0 Å². The molecule has 2 amide bonds. The first-order chi connectivity index (χ1) is 16.6. The summed E-state index contributed by atoms with van der Waals surface area (Å²) in [6, 6.07) is 17.0. The Morgan fingerprint density at radius 1 is 1.09 bits per heavy atom. The van der Waals surface area contributed by atoms with Crippen LogP contribution in [0, 0.1) is 0 Å². The molecule has 5 rings (SSSR count). The number of methoxy groups -OCH3 is 1. The Labute approximate surface area is 210 Å². The monoisotopic (exact) mass is 533 g/mol. The van der Waals surface area contributed by atoms with Crippen molar-refractivity contribution in [3.63, 3.8) is 0 Å². The van der Waals surface area contributed by atoms with E-state index in [1.807, 2.05) is 34.5 Å². The number of nitrogens with one attached hydrogen (secondary N) is 1. The van der Waals surface area contributed by atoms with Gasteiger partial charge in [-0.2, -0.15) is 0 Å². The van der Waals surface area contributed by atoms with Crippen molar-refractivity contribution >= 4 is 48.8 Å². The summed E-state index contributed by atoms with van der Waals surface area (Å²) in [6.45, 7) is 2.85. The molecule has 7 heteroatoms. The van der Waals surface area contributed by atoms with Gasteiger partial charge >= 0.3 is 211 Å². The molecule has 0 saturated carbocycles. The van der Waals surface area contributed by atoms with Crippen molar-refractivity contribution in [3.8, 4) is 11.1 Å². The van der Waals surface area contributed by atoms with Crippen molar-refractivity contribution in [1.82, 2.24) is 10.2 Å². The van der Waals surface area contributed by atoms with Crippen molar-refractivity contribution in [3.05, 3.63) is 80.8 Å². The first kappa shape index (κ1) is 23.3. The van der Waals surface area contributed by atoms with Crippen molar-refractivity contribution in [1.29, 1.82) is 0 Å². The van der Waals surface area contributed by atoms with Crippen molar-refractivity contribution < 1.29 is 14.3 Å². The van der Waals surface area contributed by atoms with E-state index in [1.54, 1.807) is 18.4 Å². The van der Waals surface area contributed by atoms with E-state index in [9.17, 15) is 9.59 Å². The van der Waals surface area contributed by atoms with E-state index in [4.69, 9.17) is 4.74 Å². The van der Waals surface area contributed by atoms with E-state index in [1.165, 1.54) is 22.8 Å². The number of ether oxygens (including phenoxy) is 1. The normalized spacial score (nSPS) is 19.8. The summed E-state index contributed by atoms with van der Waals surface area (Å²) in [5, 5.41) is 6.59. The van der Waals surface area contributed by atoms with Gasteiger partial charge in [0, 0.05) is 0 Å². The number of rotatable bonds is 7. The number of imide groups is 1. The fraction of sp³-hybridized carbons (Fsp3) is 0.259. The third kappa shape index (κ3) is 4.96. The summed E-state index contributed by atoms with van der Waals surface area (Å²) in [6.07, 6.45) is 2.43.